The van der Waals surface area contributed by atoms with Crippen LogP contribution in [-0.4, -0.2) is 72.5 Å². The van der Waals surface area contributed by atoms with Crippen LogP contribution in [0, 0.1) is 17.6 Å². The molecule has 1 atom stereocenters. The monoisotopic (exact) mass is 486 g/mol. The fourth-order valence-corrected chi connectivity index (χ4v) is 5.02. The molecule has 0 aliphatic carbocycles. The third-order valence-electron chi connectivity index (χ3n) is 6.92. The largest absolute Gasteiger partial charge is 0.384 e. The highest BCUT2D eigenvalue weighted by atomic mass is 19.1. The molecule has 0 saturated carbocycles. The van der Waals surface area contributed by atoms with Gasteiger partial charge in [0.05, 0.1) is 25.0 Å². The van der Waals surface area contributed by atoms with Crippen LogP contribution >= 0.6 is 0 Å². The van der Waals surface area contributed by atoms with E-state index in [2.05, 4.69) is 15.2 Å². The number of ether oxygens (including phenoxy) is 1. The molecule has 0 radical (unpaired) electrons. The summed E-state index contributed by atoms with van der Waals surface area (Å²) in [7, 11) is 1.76. The molecule has 2 amide bonds. The Bertz CT molecular complexity index is 1020. The van der Waals surface area contributed by atoms with Gasteiger partial charge in [0, 0.05) is 50.0 Å². The summed E-state index contributed by atoms with van der Waals surface area (Å²) in [6, 6.07) is 7.66. The number of nitrogens with zero attached hydrogens (tertiary/aromatic N) is 3. The van der Waals surface area contributed by atoms with Crippen molar-refractivity contribution >= 4 is 11.8 Å². The molecule has 1 unspecified atom stereocenters. The Morgan fingerprint density at radius 3 is 2.49 bits per heavy atom. The number of benzene rings is 1. The van der Waals surface area contributed by atoms with E-state index >= 15 is 0 Å². The second-order valence-corrected chi connectivity index (χ2v) is 9.32. The lowest BCUT2D eigenvalue weighted by molar-refractivity contribution is 0.0390. The molecule has 2 aliphatic heterocycles. The zero-order valence-electron chi connectivity index (χ0n) is 20.0. The Balaban J connectivity index is 1.27. The van der Waals surface area contributed by atoms with Gasteiger partial charge in [0.25, 0.3) is 11.8 Å². The lowest BCUT2D eigenvalue weighted by Crippen LogP contribution is -2.50. The summed E-state index contributed by atoms with van der Waals surface area (Å²) in [4.78, 5) is 33.5. The van der Waals surface area contributed by atoms with Gasteiger partial charge in [-0.1, -0.05) is 0 Å². The first-order chi connectivity index (χ1) is 16.9. The number of hydrogen-bond acceptors (Lipinski definition) is 5. The van der Waals surface area contributed by atoms with Crippen molar-refractivity contribution in [3.8, 4) is 0 Å². The van der Waals surface area contributed by atoms with E-state index in [1.807, 2.05) is 4.90 Å². The maximum absolute atomic E-state index is 13.7. The fraction of sp³-hybridized carbons (Fsp3) is 0.500. The lowest BCUT2D eigenvalue weighted by atomic mass is 9.94. The maximum Gasteiger partial charge on any atom is 0.253 e. The van der Waals surface area contributed by atoms with Crippen LogP contribution in [0.4, 0.5) is 8.78 Å². The smallest absolute Gasteiger partial charge is 0.253 e. The molecular formula is C26H32F2N4O3. The number of halogens is 2. The number of methoxy groups -OCH3 is 1. The first-order valence-electron chi connectivity index (χ1n) is 12.1. The number of amides is 2. The van der Waals surface area contributed by atoms with E-state index in [4.69, 9.17) is 4.74 Å². The van der Waals surface area contributed by atoms with Crippen molar-refractivity contribution in [1.82, 2.24) is 20.1 Å². The third kappa shape index (κ3) is 6.41. The van der Waals surface area contributed by atoms with Gasteiger partial charge >= 0.3 is 0 Å². The first kappa shape index (κ1) is 25.2. The molecule has 2 saturated heterocycles. The van der Waals surface area contributed by atoms with Crippen molar-refractivity contribution in [2.45, 2.75) is 38.3 Å². The zero-order valence-corrected chi connectivity index (χ0v) is 20.0. The van der Waals surface area contributed by atoms with Gasteiger partial charge in [0.1, 0.15) is 11.6 Å². The molecule has 0 spiro atoms. The Morgan fingerprint density at radius 2 is 1.80 bits per heavy atom. The molecule has 2 fully saturated rings. The minimum Gasteiger partial charge on any atom is -0.384 e. The second-order valence-electron chi connectivity index (χ2n) is 9.32. The number of nitrogens with one attached hydrogen (secondary N) is 1. The Labute approximate surface area is 204 Å². The second kappa shape index (κ2) is 11.7. The molecule has 4 rings (SSSR count). The minimum atomic E-state index is -0.815. The molecule has 9 heteroatoms. The number of carbonyl (C=O) groups is 2. The van der Waals surface area contributed by atoms with Crippen molar-refractivity contribution in [3.05, 3.63) is 65.0 Å². The highest BCUT2D eigenvalue weighted by Gasteiger charge is 2.30. The van der Waals surface area contributed by atoms with E-state index in [0.717, 1.165) is 44.8 Å². The number of piperidine rings is 2. The molecule has 1 N–H and O–H groups in total. The lowest BCUT2D eigenvalue weighted by Gasteiger charge is -2.42. The third-order valence-corrected chi connectivity index (χ3v) is 6.92. The van der Waals surface area contributed by atoms with Crippen LogP contribution < -0.4 is 5.32 Å². The quantitative estimate of drug-likeness (QED) is 0.651. The van der Waals surface area contributed by atoms with Crippen molar-refractivity contribution in [3.63, 3.8) is 0 Å². The van der Waals surface area contributed by atoms with Gasteiger partial charge < -0.3 is 15.0 Å². The number of rotatable bonds is 7. The highest BCUT2D eigenvalue weighted by molar-refractivity contribution is 5.97. The number of likely N-dealkylation sites (tertiary alicyclic amines) is 2. The van der Waals surface area contributed by atoms with Gasteiger partial charge in [-0.05, 0) is 62.4 Å². The van der Waals surface area contributed by atoms with Gasteiger partial charge in [-0.3, -0.25) is 19.5 Å². The van der Waals surface area contributed by atoms with Crippen LogP contribution in [0.25, 0.3) is 0 Å². The zero-order chi connectivity index (χ0) is 24.8. The van der Waals surface area contributed by atoms with Crippen LogP contribution in [0.3, 0.4) is 0 Å². The van der Waals surface area contributed by atoms with Crippen LogP contribution in [0.5, 0.6) is 0 Å². The summed E-state index contributed by atoms with van der Waals surface area (Å²) in [6.07, 6.45) is 5.23. The summed E-state index contributed by atoms with van der Waals surface area (Å²) < 4.78 is 32.0. The van der Waals surface area contributed by atoms with Gasteiger partial charge in [0.15, 0.2) is 0 Å². The average molecular weight is 487 g/mol. The topological polar surface area (TPSA) is 74.8 Å². The molecular weight excluding hydrogens is 454 g/mol. The average Bonchev–Trinajstić information content (AvgIpc) is 2.88. The summed E-state index contributed by atoms with van der Waals surface area (Å²) in [5.74, 6) is -1.46. The molecule has 35 heavy (non-hydrogen) atoms. The maximum atomic E-state index is 13.7. The standard InChI is InChI=1S/C26H32F2N4O3/c1-35-17-18-3-2-10-32(16-18)22-8-11-31(12-9-22)26(34)20-6-4-19(5-7-20)25(33)30-15-24-23(28)13-21(27)14-29-24/h4-7,13-14,18,22H,2-3,8-12,15-17H2,1H3,(H,30,33). The number of aromatic nitrogens is 1. The van der Waals surface area contributed by atoms with Crippen LogP contribution in [0.15, 0.2) is 36.5 Å². The van der Waals surface area contributed by atoms with Crippen LogP contribution in [0.2, 0.25) is 0 Å². The number of pyridine rings is 1. The molecule has 1 aromatic carbocycles. The Hall–Kier alpha value is -2.91. The highest BCUT2D eigenvalue weighted by Crippen LogP contribution is 2.25. The van der Waals surface area contributed by atoms with Crippen molar-refractivity contribution in [1.29, 1.82) is 0 Å². The predicted octanol–water partition coefficient (Wildman–Crippen LogP) is 3.25. The van der Waals surface area contributed by atoms with E-state index in [-0.39, 0.29) is 18.1 Å². The molecule has 2 aromatic rings. The number of carbonyl (C=O) groups excluding carboxylic acids is 2. The molecule has 7 nitrogen and oxygen atoms in total. The number of hydrogen-bond donors (Lipinski definition) is 1. The molecule has 0 bridgehead atoms. The van der Waals surface area contributed by atoms with E-state index < -0.39 is 17.5 Å². The Kier molecular flexibility index (Phi) is 8.41. The molecule has 3 heterocycles. The van der Waals surface area contributed by atoms with Crippen LogP contribution in [-0.2, 0) is 11.3 Å². The van der Waals surface area contributed by atoms with Crippen molar-refractivity contribution in [2.75, 3.05) is 39.9 Å². The Morgan fingerprint density at radius 1 is 1.09 bits per heavy atom. The van der Waals surface area contributed by atoms with Gasteiger partial charge in [-0.25, -0.2) is 8.78 Å². The van der Waals surface area contributed by atoms with E-state index in [9.17, 15) is 18.4 Å². The summed E-state index contributed by atoms with van der Waals surface area (Å²) in [5, 5.41) is 2.56. The fourth-order valence-electron chi connectivity index (χ4n) is 5.02. The first-order valence-corrected chi connectivity index (χ1v) is 12.1. The molecule has 2 aliphatic rings. The van der Waals surface area contributed by atoms with Crippen molar-refractivity contribution in [2.24, 2.45) is 5.92 Å². The van der Waals surface area contributed by atoms with Crippen LogP contribution in [0.1, 0.15) is 52.1 Å². The van der Waals surface area contributed by atoms with Crippen molar-refractivity contribution < 1.29 is 23.1 Å². The van der Waals surface area contributed by atoms with Gasteiger partial charge in [-0.2, -0.15) is 0 Å². The van der Waals surface area contributed by atoms with E-state index in [1.165, 1.54) is 12.8 Å². The predicted molar refractivity (Wildman–Crippen MR) is 127 cm³/mol. The van der Waals surface area contributed by atoms with Gasteiger partial charge in [-0.15, -0.1) is 0 Å². The normalized spacial score (nSPS) is 19.5. The SMILES string of the molecule is COCC1CCCN(C2CCN(C(=O)c3ccc(C(=O)NCc4ncc(F)cc4F)cc3)CC2)C1. The van der Waals surface area contributed by atoms with Gasteiger partial charge in [0.2, 0.25) is 0 Å². The summed E-state index contributed by atoms with van der Waals surface area (Å²) >= 11 is 0. The summed E-state index contributed by atoms with van der Waals surface area (Å²) in [6.45, 7) is 4.26. The summed E-state index contributed by atoms with van der Waals surface area (Å²) in [5.41, 5.74) is 0.830. The molecule has 1 aromatic heterocycles. The molecule has 188 valence electrons. The van der Waals surface area contributed by atoms with E-state index in [1.54, 1.807) is 31.4 Å². The van der Waals surface area contributed by atoms with E-state index in [0.29, 0.717) is 36.2 Å². The minimum absolute atomic E-state index is 0.0381.